The van der Waals surface area contributed by atoms with E-state index in [9.17, 15) is 4.79 Å². The summed E-state index contributed by atoms with van der Waals surface area (Å²) in [6.07, 6.45) is 10.2. The van der Waals surface area contributed by atoms with Crippen molar-refractivity contribution in [2.75, 3.05) is 6.61 Å². The molecule has 0 rings (SSSR count). The van der Waals surface area contributed by atoms with Crippen LogP contribution in [0.1, 0.15) is 52.9 Å². The molecule has 0 heterocycles. The van der Waals surface area contributed by atoms with Crippen LogP contribution in [0, 0.1) is 0 Å². The van der Waals surface area contributed by atoms with Gasteiger partial charge in [-0.1, -0.05) is 32.9 Å². The van der Waals surface area contributed by atoms with Crippen molar-refractivity contribution in [2.24, 2.45) is 0 Å². The molecule has 0 radical (unpaired) electrons. The van der Waals surface area contributed by atoms with E-state index >= 15 is 0 Å². The van der Waals surface area contributed by atoms with Gasteiger partial charge in [-0.2, -0.15) is 0 Å². The van der Waals surface area contributed by atoms with E-state index in [0.717, 1.165) is 38.6 Å². The first kappa shape index (κ1) is 17.6. The maximum Gasteiger partial charge on any atom is 0.191 e. The topological polar surface area (TPSA) is 26.3 Å². The number of carbonyl (C=O) groups is 1. The van der Waals surface area contributed by atoms with Crippen LogP contribution in [0.3, 0.4) is 0 Å². The van der Waals surface area contributed by atoms with Crippen LogP contribution in [-0.4, -0.2) is 21.2 Å². The standard InChI is InChI=1S/C15H30O2Si/c1-15(2,3)18(4,5)17-14-12-10-8-6-7-9-11-13-16/h6,8,13H,7,9-12,14H2,1-5H3/b8-6+. The molecule has 0 saturated heterocycles. The van der Waals surface area contributed by atoms with Crippen molar-refractivity contribution < 1.29 is 9.22 Å². The fraction of sp³-hybridized carbons (Fsp3) is 0.800. The molecule has 0 aliphatic rings. The fourth-order valence-corrected chi connectivity index (χ4v) is 2.39. The molecule has 0 aromatic heterocycles. The zero-order chi connectivity index (χ0) is 14.1. The zero-order valence-corrected chi connectivity index (χ0v) is 13.8. The summed E-state index contributed by atoms with van der Waals surface area (Å²) < 4.78 is 6.10. The maximum atomic E-state index is 10.1. The lowest BCUT2D eigenvalue weighted by molar-refractivity contribution is -0.107. The van der Waals surface area contributed by atoms with E-state index in [0.29, 0.717) is 11.5 Å². The number of aldehydes is 1. The highest BCUT2D eigenvalue weighted by molar-refractivity contribution is 6.74. The average Bonchev–Trinajstić information content (AvgIpc) is 2.25. The minimum atomic E-state index is -1.55. The average molecular weight is 270 g/mol. The Morgan fingerprint density at radius 3 is 2.06 bits per heavy atom. The molecule has 2 nitrogen and oxygen atoms in total. The van der Waals surface area contributed by atoms with Gasteiger partial charge in [0.15, 0.2) is 8.32 Å². The minimum Gasteiger partial charge on any atom is -0.417 e. The van der Waals surface area contributed by atoms with E-state index in [2.05, 4.69) is 46.0 Å². The molecule has 0 aliphatic carbocycles. The first-order chi connectivity index (χ1) is 8.31. The van der Waals surface area contributed by atoms with E-state index in [4.69, 9.17) is 4.43 Å². The first-order valence-corrected chi connectivity index (χ1v) is 9.94. The minimum absolute atomic E-state index is 0.303. The maximum absolute atomic E-state index is 10.1. The summed E-state index contributed by atoms with van der Waals surface area (Å²) in [6, 6.07) is 0. The van der Waals surface area contributed by atoms with Crippen molar-refractivity contribution in [2.45, 2.75) is 71.0 Å². The van der Waals surface area contributed by atoms with E-state index in [1.165, 1.54) is 0 Å². The third-order valence-electron chi connectivity index (χ3n) is 3.64. The lowest BCUT2D eigenvalue weighted by atomic mass is 10.2. The lowest BCUT2D eigenvalue weighted by Crippen LogP contribution is -2.40. The van der Waals surface area contributed by atoms with Gasteiger partial charge in [-0.3, -0.25) is 0 Å². The summed E-state index contributed by atoms with van der Waals surface area (Å²) in [5.74, 6) is 0. The Bertz CT molecular complexity index is 252. The molecule has 0 aliphatic heterocycles. The monoisotopic (exact) mass is 270 g/mol. The van der Waals surface area contributed by atoms with Crippen molar-refractivity contribution in [3.8, 4) is 0 Å². The molecule has 106 valence electrons. The normalized spacial score (nSPS) is 13.2. The Kier molecular flexibility index (Phi) is 8.45. The van der Waals surface area contributed by atoms with Gasteiger partial charge < -0.3 is 9.22 Å². The van der Waals surface area contributed by atoms with Gasteiger partial charge in [0.05, 0.1) is 0 Å². The summed E-state index contributed by atoms with van der Waals surface area (Å²) in [7, 11) is -1.55. The lowest BCUT2D eigenvalue weighted by Gasteiger charge is -2.36. The number of allylic oxidation sites excluding steroid dienone is 2. The molecule has 0 aromatic carbocycles. The summed E-state index contributed by atoms with van der Waals surface area (Å²) in [4.78, 5) is 10.1. The number of hydrogen-bond acceptors (Lipinski definition) is 2. The van der Waals surface area contributed by atoms with Crippen molar-refractivity contribution in [1.29, 1.82) is 0 Å². The second kappa shape index (κ2) is 8.65. The van der Waals surface area contributed by atoms with Crippen LogP contribution in [0.4, 0.5) is 0 Å². The smallest absolute Gasteiger partial charge is 0.191 e. The second-order valence-electron chi connectivity index (χ2n) is 6.32. The number of carbonyl (C=O) groups excluding carboxylic acids is 1. The van der Waals surface area contributed by atoms with Crippen molar-refractivity contribution in [3.05, 3.63) is 12.2 Å². The highest BCUT2D eigenvalue weighted by Gasteiger charge is 2.36. The van der Waals surface area contributed by atoms with Crippen LogP contribution in [0.25, 0.3) is 0 Å². The number of rotatable bonds is 9. The molecule has 0 unspecified atom stereocenters. The van der Waals surface area contributed by atoms with Gasteiger partial charge in [-0.05, 0) is 43.8 Å². The Morgan fingerprint density at radius 1 is 1.00 bits per heavy atom. The largest absolute Gasteiger partial charge is 0.417 e. The third kappa shape index (κ3) is 7.83. The molecule has 0 spiro atoms. The highest BCUT2D eigenvalue weighted by Crippen LogP contribution is 2.36. The number of unbranched alkanes of at least 4 members (excludes halogenated alkanes) is 3. The fourth-order valence-electron chi connectivity index (χ4n) is 1.30. The van der Waals surface area contributed by atoms with Crippen molar-refractivity contribution >= 4 is 14.6 Å². The highest BCUT2D eigenvalue weighted by atomic mass is 28.4. The molecule has 0 N–H and O–H groups in total. The quantitative estimate of drug-likeness (QED) is 0.262. The molecule has 0 bridgehead atoms. The molecule has 0 fully saturated rings. The molecule has 0 amide bonds. The SMILES string of the molecule is CC(C)(C)[Si](C)(C)OCCC/C=C/CCCC=O. The van der Waals surface area contributed by atoms with E-state index in [1.54, 1.807) is 0 Å². The predicted octanol–water partition coefficient (Wildman–Crippen LogP) is 4.71. The summed E-state index contributed by atoms with van der Waals surface area (Å²) in [5.41, 5.74) is 0. The van der Waals surface area contributed by atoms with Crippen LogP contribution in [-0.2, 0) is 9.22 Å². The van der Waals surface area contributed by atoms with Crippen LogP contribution in [0.15, 0.2) is 12.2 Å². The summed E-state index contributed by atoms with van der Waals surface area (Å²) >= 11 is 0. The van der Waals surface area contributed by atoms with Gasteiger partial charge >= 0.3 is 0 Å². The van der Waals surface area contributed by atoms with Crippen molar-refractivity contribution in [1.82, 2.24) is 0 Å². The first-order valence-electron chi connectivity index (χ1n) is 7.04. The third-order valence-corrected chi connectivity index (χ3v) is 8.18. The molecule has 3 heteroatoms. The van der Waals surface area contributed by atoms with Crippen molar-refractivity contribution in [3.63, 3.8) is 0 Å². The molecule has 18 heavy (non-hydrogen) atoms. The van der Waals surface area contributed by atoms with Crippen LogP contribution >= 0.6 is 0 Å². The van der Waals surface area contributed by atoms with Gasteiger partial charge in [-0.25, -0.2) is 0 Å². The van der Waals surface area contributed by atoms with Crippen LogP contribution in [0.5, 0.6) is 0 Å². The van der Waals surface area contributed by atoms with Crippen LogP contribution in [0.2, 0.25) is 18.1 Å². The Hall–Kier alpha value is -0.413. The summed E-state index contributed by atoms with van der Waals surface area (Å²) in [6.45, 7) is 12.3. The Morgan fingerprint density at radius 2 is 1.56 bits per heavy atom. The summed E-state index contributed by atoms with van der Waals surface area (Å²) in [5, 5.41) is 0.303. The van der Waals surface area contributed by atoms with Gasteiger partial charge in [0.2, 0.25) is 0 Å². The van der Waals surface area contributed by atoms with E-state index in [1.807, 2.05) is 0 Å². The molecular formula is C15H30O2Si. The Labute approximate surface area is 114 Å². The van der Waals surface area contributed by atoms with Gasteiger partial charge in [0.1, 0.15) is 6.29 Å². The van der Waals surface area contributed by atoms with Gasteiger partial charge in [0.25, 0.3) is 0 Å². The molecule has 0 saturated carbocycles. The van der Waals surface area contributed by atoms with E-state index in [-0.39, 0.29) is 0 Å². The number of hydrogen-bond donors (Lipinski definition) is 0. The second-order valence-corrected chi connectivity index (χ2v) is 11.1. The predicted molar refractivity (Wildman–Crippen MR) is 81.4 cm³/mol. The molecule has 0 aromatic rings. The Balaban J connectivity index is 3.59. The van der Waals surface area contributed by atoms with Crippen LogP contribution < -0.4 is 0 Å². The zero-order valence-electron chi connectivity index (χ0n) is 12.8. The van der Waals surface area contributed by atoms with Gasteiger partial charge in [-0.15, -0.1) is 0 Å². The molecule has 0 atom stereocenters. The molecular weight excluding hydrogens is 240 g/mol. The van der Waals surface area contributed by atoms with Gasteiger partial charge in [0, 0.05) is 13.0 Å². The van der Waals surface area contributed by atoms with E-state index < -0.39 is 8.32 Å².